The standard InChI is InChI=1S/C24H27N5.C7H9N2O2.Na/c1-15(2)29-16(3)21(14-26-29)23-27-22-20(11-12-25-24(22)28-23)19-10-9-17-7-5-4-6-8-18(17)13-19;1-7(2,3)6-8-5(4-10)9-11-6;/h9-15H,4-8H2,1-3H3,(H,25,27,28);1-3H3;/q;-1;+1. The van der Waals surface area contributed by atoms with E-state index in [0.717, 1.165) is 33.8 Å². The van der Waals surface area contributed by atoms with Crippen molar-refractivity contribution >= 4 is 17.5 Å². The van der Waals surface area contributed by atoms with Crippen LogP contribution in [0.2, 0.25) is 0 Å². The molecule has 0 fully saturated rings. The summed E-state index contributed by atoms with van der Waals surface area (Å²) in [5, 5.41) is 7.93. The van der Waals surface area contributed by atoms with Gasteiger partial charge in [-0.1, -0.05) is 50.5 Å². The van der Waals surface area contributed by atoms with Crippen molar-refractivity contribution in [3.8, 4) is 22.5 Å². The molecule has 0 bridgehead atoms. The average molecular weight is 562 g/mol. The monoisotopic (exact) mass is 561 g/mol. The number of carbonyl (C=O) groups excluding carboxylic acids is 1. The van der Waals surface area contributed by atoms with Crippen molar-refractivity contribution in [2.45, 2.75) is 85.1 Å². The van der Waals surface area contributed by atoms with Crippen LogP contribution in [-0.2, 0) is 23.1 Å². The number of nitrogens with zero attached hydrogens (tertiary/aromatic N) is 6. The van der Waals surface area contributed by atoms with Gasteiger partial charge in [-0.15, -0.1) is 0 Å². The van der Waals surface area contributed by atoms with Crippen molar-refractivity contribution in [3.05, 3.63) is 65.2 Å². The van der Waals surface area contributed by atoms with Gasteiger partial charge >= 0.3 is 29.6 Å². The molecule has 0 spiro atoms. The molecule has 6 rings (SSSR count). The van der Waals surface area contributed by atoms with E-state index >= 15 is 0 Å². The number of hydrogen-bond acceptors (Lipinski definition) is 7. The second-order valence-corrected chi connectivity index (χ2v) is 11.6. The average Bonchev–Trinajstić information content (AvgIpc) is 3.63. The number of nitrogens with one attached hydrogen (secondary N) is 1. The number of aromatic nitrogens is 7. The second kappa shape index (κ2) is 12.8. The first-order chi connectivity index (χ1) is 19.2. The van der Waals surface area contributed by atoms with Crippen LogP contribution in [-0.4, -0.2) is 41.2 Å². The number of rotatable bonds is 4. The van der Waals surface area contributed by atoms with Gasteiger partial charge in [0, 0.05) is 28.9 Å². The van der Waals surface area contributed by atoms with Crippen molar-refractivity contribution in [3.63, 3.8) is 0 Å². The van der Waals surface area contributed by atoms with E-state index in [-0.39, 0.29) is 40.8 Å². The van der Waals surface area contributed by atoms with E-state index < -0.39 is 0 Å². The molecule has 1 aliphatic carbocycles. The fourth-order valence-corrected chi connectivity index (χ4v) is 5.10. The zero-order chi connectivity index (χ0) is 28.4. The van der Waals surface area contributed by atoms with Crippen LogP contribution in [0.15, 0.2) is 41.2 Å². The maximum absolute atomic E-state index is 10.0. The number of benzene rings is 1. The van der Waals surface area contributed by atoms with E-state index in [2.05, 4.69) is 70.2 Å². The Balaban J connectivity index is 0.000000274. The topological polar surface area (TPSA) is 115 Å². The molecule has 41 heavy (non-hydrogen) atoms. The summed E-state index contributed by atoms with van der Waals surface area (Å²) in [6.45, 7) is 12.1. The van der Waals surface area contributed by atoms with Gasteiger partial charge in [-0.05, 0) is 69.2 Å². The molecule has 1 aromatic carbocycles. The Morgan fingerprint density at radius 1 is 1.02 bits per heavy atom. The van der Waals surface area contributed by atoms with Crippen LogP contribution >= 0.6 is 0 Å². The Bertz CT molecular complexity index is 1640. The SMILES string of the molecule is CC(C)(C)c1nc([C-]=O)no1.Cc1c(-c2nc3nccc(-c4ccc5c(c4)CCCCC5)c3[nH]2)cnn1C(C)C.[Na+]. The molecule has 0 atom stereocenters. The van der Waals surface area contributed by atoms with Gasteiger partial charge < -0.3 is 14.3 Å². The number of fused-ring (bicyclic) bond motifs is 2. The molecular weight excluding hydrogens is 525 g/mol. The number of H-pyrrole nitrogens is 1. The second-order valence-electron chi connectivity index (χ2n) is 11.6. The van der Waals surface area contributed by atoms with Crippen molar-refractivity contribution in [2.24, 2.45) is 0 Å². The zero-order valence-corrected chi connectivity index (χ0v) is 27.1. The third kappa shape index (κ3) is 6.68. The molecule has 208 valence electrons. The summed E-state index contributed by atoms with van der Waals surface area (Å²) in [5.74, 6) is 1.27. The molecule has 0 amide bonds. The van der Waals surface area contributed by atoms with Crippen LogP contribution in [0.1, 0.15) is 88.5 Å². The maximum atomic E-state index is 10.0. The fourth-order valence-electron chi connectivity index (χ4n) is 5.10. The Labute approximate surface area is 262 Å². The molecule has 1 aliphatic rings. The quantitative estimate of drug-likeness (QED) is 0.203. The van der Waals surface area contributed by atoms with Crippen LogP contribution in [0.3, 0.4) is 0 Å². The van der Waals surface area contributed by atoms with Crippen LogP contribution in [0, 0.1) is 6.92 Å². The normalized spacial score (nSPS) is 13.2. The number of aryl methyl sites for hydroxylation is 2. The van der Waals surface area contributed by atoms with Gasteiger partial charge in [0.05, 0.1) is 23.1 Å². The molecule has 1 N–H and O–H groups in total. The van der Waals surface area contributed by atoms with Gasteiger partial charge in [0.15, 0.2) is 5.65 Å². The molecule has 0 aliphatic heterocycles. The molecule has 4 aromatic heterocycles. The Kier molecular flexibility index (Phi) is 9.62. The molecular formula is C31H36N7NaO2. The summed E-state index contributed by atoms with van der Waals surface area (Å²) < 4.78 is 6.83. The summed E-state index contributed by atoms with van der Waals surface area (Å²) in [7, 11) is 0. The molecule has 10 heteroatoms. The minimum absolute atomic E-state index is 0. The van der Waals surface area contributed by atoms with E-state index in [1.165, 1.54) is 48.8 Å². The minimum Gasteiger partial charge on any atom is -0.534 e. The minimum atomic E-state index is -0.206. The largest absolute Gasteiger partial charge is 1.00 e. The first kappa shape index (κ1) is 30.8. The van der Waals surface area contributed by atoms with E-state index in [4.69, 9.17) is 9.51 Å². The fraction of sp³-hybridized carbons (Fsp3) is 0.419. The number of aromatic amines is 1. The Hall–Kier alpha value is -3.14. The van der Waals surface area contributed by atoms with Crippen LogP contribution in [0.25, 0.3) is 33.7 Å². The molecule has 5 aromatic rings. The number of hydrogen-bond donors (Lipinski definition) is 1. The molecule has 4 heterocycles. The van der Waals surface area contributed by atoms with Crippen molar-refractivity contribution in [1.29, 1.82) is 0 Å². The van der Waals surface area contributed by atoms with Crippen LogP contribution in [0.5, 0.6) is 0 Å². The van der Waals surface area contributed by atoms with Crippen molar-refractivity contribution in [2.75, 3.05) is 0 Å². The van der Waals surface area contributed by atoms with Gasteiger partial charge in [-0.2, -0.15) is 11.4 Å². The third-order valence-electron chi connectivity index (χ3n) is 7.25. The third-order valence-corrected chi connectivity index (χ3v) is 7.25. The van der Waals surface area contributed by atoms with Crippen LogP contribution in [0.4, 0.5) is 0 Å². The van der Waals surface area contributed by atoms with Crippen LogP contribution < -0.4 is 29.6 Å². The predicted molar refractivity (Wildman–Crippen MR) is 155 cm³/mol. The van der Waals surface area contributed by atoms with Gasteiger partial charge in [0.1, 0.15) is 5.82 Å². The van der Waals surface area contributed by atoms with E-state index in [9.17, 15) is 4.79 Å². The van der Waals surface area contributed by atoms with E-state index in [1.807, 2.05) is 37.8 Å². The maximum Gasteiger partial charge on any atom is 1.00 e. The summed E-state index contributed by atoms with van der Waals surface area (Å²) >= 11 is 0. The zero-order valence-electron chi connectivity index (χ0n) is 25.1. The van der Waals surface area contributed by atoms with Gasteiger partial charge in [-0.25, -0.2) is 15.0 Å². The summed E-state index contributed by atoms with van der Waals surface area (Å²) in [6.07, 6.45) is 11.6. The first-order valence-corrected chi connectivity index (χ1v) is 13.9. The molecule has 0 saturated carbocycles. The smallest absolute Gasteiger partial charge is 0.534 e. The summed E-state index contributed by atoms with van der Waals surface area (Å²) in [4.78, 5) is 26.7. The predicted octanol–water partition coefficient (Wildman–Crippen LogP) is 3.48. The molecule has 0 radical (unpaired) electrons. The number of pyridine rings is 1. The Morgan fingerprint density at radius 3 is 2.41 bits per heavy atom. The number of imidazole rings is 1. The molecule has 0 saturated heterocycles. The first-order valence-electron chi connectivity index (χ1n) is 13.9. The van der Waals surface area contributed by atoms with Gasteiger partial charge in [-0.3, -0.25) is 4.68 Å². The van der Waals surface area contributed by atoms with Crippen molar-refractivity contribution < 1.29 is 38.9 Å². The van der Waals surface area contributed by atoms with E-state index in [1.54, 1.807) is 6.29 Å². The van der Waals surface area contributed by atoms with Crippen molar-refractivity contribution in [1.82, 2.24) is 34.9 Å². The molecule has 0 unspecified atom stereocenters. The summed E-state index contributed by atoms with van der Waals surface area (Å²) in [6, 6.07) is 9.35. The van der Waals surface area contributed by atoms with Gasteiger partial charge in [0.25, 0.3) is 0 Å². The summed E-state index contributed by atoms with van der Waals surface area (Å²) in [5.41, 5.74) is 9.10. The van der Waals surface area contributed by atoms with Gasteiger partial charge in [0.2, 0.25) is 5.89 Å². The van der Waals surface area contributed by atoms with E-state index in [0.29, 0.717) is 11.9 Å². The Morgan fingerprint density at radius 2 is 1.78 bits per heavy atom. The molecule has 9 nitrogen and oxygen atoms in total.